The van der Waals surface area contributed by atoms with Crippen LogP contribution in [0, 0.1) is 24.3 Å². The van der Waals surface area contributed by atoms with Crippen LogP contribution in [0.15, 0.2) is 316 Å². The fourth-order valence-corrected chi connectivity index (χ4v) is 26.8. The molecule has 0 aliphatic heterocycles. The molecule has 0 fully saturated rings. The molecule has 584 valence electrons. The predicted octanol–water partition coefficient (Wildman–Crippen LogP) is 18.4. The van der Waals surface area contributed by atoms with E-state index in [0.717, 1.165) is 121 Å². The molecular formula is C104H88Au2N10Si2. The zero-order chi connectivity index (χ0) is 79.6. The number of pyridine rings is 2. The summed E-state index contributed by atoms with van der Waals surface area (Å²) in [4.78, 5) is 11.8. The maximum atomic E-state index is 5.92. The third kappa shape index (κ3) is 13.3. The van der Waals surface area contributed by atoms with Gasteiger partial charge < -0.3 is 28.5 Å². The standard InChI is InChI=1S/2C52H44N5Si.2Au/c1-51(2,3)35-17-13-20-38(31-35)58(39-21-14-18-36(32-39)52(4,5)6,40-22-15-19-37(33-40)56-45-26-10-9-25-43(45)44-34-53-55-50(44)56)49-30-16-29-48(54-49)57-46-27-11-7-23-41(46)42-24-8-12-28-47(42)57;1-51(2,3)35-29-37(56-45-26-16-15-25-43(45)44-34-53-55-50(44)56)33-40(30-35)58(38-19-9-7-10-20-38,39-21-11-8-12-22-39)49-32-36(52(4,5)6)31-48(54-49)57-46-27-17-13-23-41(46)42-24-14-18-28-47(42)57;;/h2*7-27,29-32,34H,1-6H3;;/q2*-3;2*+3. The molecule has 14 heteroatoms. The zero-order valence-electron chi connectivity index (χ0n) is 68.1. The van der Waals surface area contributed by atoms with Crippen molar-refractivity contribution in [3.05, 3.63) is 362 Å². The van der Waals surface area contributed by atoms with Gasteiger partial charge in [-0.1, -0.05) is 294 Å². The summed E-state index contributed by atoms with van der Waals surface area (Å²) in [6, 6.07) is 126. The molecule has 0 aliphatic carbocycles. The molecule has 12 aromatic carbocycles. The van der Waals surface area contributed by atoms with Crippen molar-refractivity contribution < 1.29 is 44.8 Å². The molecule has 0 amide bonds. The summed E-state index contributed by atoms with van der Waals surface area (Å²) in [5, 5.41) is 36.5. The van der Waals surface area contributed by atoms with Crippen LogP contribution in [0.25, 0.3) is 110 Å². The first-order chi connectivity index (χ1) is 56.1. The van der Waals surface area contributed by atoms with E-state index in [4.69, 9.17) is 15.1 Å². The average molecular weight is 1930 g/mol. The number of para-hydroxylation sites is 6. The molecule has 0 saturated carbocycles. The van der Waals surface area contributed by atoms with Crippen LogP contribution >= 0.6 is 0 Å². The molecule has 10 nitrogen and oxygen atoms in total. The van der Waals surface area contributed by atoms with E-state index < -0.39 is 16.1 Å². The van der Waals surface area contributed by atoms with Crippen LogP contribution in [0.4, 0.5) is 0 Å². The maximum absolute atomic E-state index is 5.92. The zero-order valence-corrected chi connectivity index (χ0v) is 74.4. The van der Waals surface area contributed by atoms with Crippen molar-refractivity contribution in [1.29, 1.82) is 0 Å². The van der Waals surface area contributed by atoms with Crippen LogP contribution in [-0.2, 0) is 66.4 Å². The number of rotatable bonds is 12. The van der Waals surface area contributed by atoms with Gasteiger partial charge in [-0.05, 0) is 139 Å². The van der Waals surface area contributed by atoms with Gasteiger partial charge in [0.1, 0.15) is 11.6 Å². The van der Waals surface area contributed by atoms with Gasteiger partial charge in [0.25, 0.3) is 0 Å². The van der Waals surface area contributed by atoms with Crippen LogP contribution in [0.3, 0.4) is 0 Å². The van der Waals surface area contributed by atoms with E-state index in [9.17, 15) is 0 Å². The Morgan fingerprint density at radius 1 is 0.288 bits per heavy atom. The molecule has 20 aromatic rings. The fourth-order valence-electron chi connectivity index (χ4n) is 17.7. The summed E-state index contributed by atoms with van der Waals surface area (Å²) in [6.45, 7) is 27.6. The summed E-state index contributed by atoms with van der Waals surface area (Å²) in [5.41, 5.74) is 14.4. The first-order valence-electron chi connectivity index (χ1n) is 40.1. The number of fused-ring (bicyclic) bond motifs is 12. The van der Waals surface area contributed by atoms with Crippen molar-refractivity contribution in [3.8, 4) is 23.0 Å². The predicted molar refractivity (Wildman–Crippen MR) is 485 cm³/mol. The minimum atomic E-state index is -3.30. The number of nitrogens with zero attached hydrogens (tertiary/aromatic N) is 10. The second-order valence-corrected chi connectivity index (χ2v) is 42.3. The van der Waals surface area contributed by atoms with Gasteiger partial charge in [0.05, 0.1) is 0 Å². The molecule has 0 N–H and O–H groups in total. The minimum absolute atomic E-state index is 0. The Morgan fingerprint density at radius 3 is 1.18 bits per heavy atom. The first-order valence-corrected chi connectivity index (χ1v) is 44.1. The molecule has 118 heavy (non-hydrogen) atoms. The van der Waals surface area contributed by atoms with E-state index in [1.165, 1.54) is 53.8 Å². The van der Waals surface area contributed by atoms with Gasteiger partial charge >= 0.3 is 44.8 Å². The van der Waals surface area contributed by atoms with Crippen LogP contribution in [0.5, 0.6) is 0 Å². The number of hydrogen-bond acceptors (Lipinski definition) is 4. The Morgan fingerprint density at radius 2 is 0.678 bits per heavy atom. The summed E-state index contributed by atoms with van der Waals surface area (Å²) >= 11 is 0. The molecule has 8 heterocycles. The van der Waals surface area contributed by atoms with Crippen LogP contribution in [0.2, 0.25) is 0 Å². The number of benzene rings is 12. The Kier molecular flexibility index (Phi) is 20.4. The van der Waals surface area contributed by atoms with Gasteiger partial charge in [-0.2, -0.15) is 118 Å². The van der Waals surface area contributed by atoms with Gasteiger partial charge in [0, 0.05) is 44.8 Å². The second-order valence-electron chi connectivity index (χ2n) is 34.9. The largest absolute Gasteiger partial charge is 3.00 e. The Balaban J connectivity index is 0.000000166. The molecule has 0 spiro atoms. The van der Waals surface area contributed by atoms with E-state index >= 15 is 0 Å². The van der Waals surface area contributed by atoms with Crippen molar-refractivity contribution in [2.45, 2.75) is 105 Å². The van der Waals surface area contributed by atoms with Gasteiger partial charge in [-0.3, -0.25) is 10.2 Å². The minimum Gasteiger partial charge on any atom is -0.438 e. The van der Waals surface area contributed by atoms with Gasteiger partial charge in [0.2, 0.25) is 0 Å². The molecule has 0 atom stereocenters. The molecule has 0 unspecified atom stereocenters. The third-order valence-electron chi connectivity index (χ3n) is 23.6. The van der Waals surface area contributed by atoms with Gasteiger partial charge in [-0.25, -0.2) is 9.97 Å². The van der Waals surface area contributed by atoms with Crippen molar-refractivity contribution in [2.24, 2.45) is 0 Å². The van der Waals surface area contributed by atoms with Crippen molar-refractivity contribution in [2.75, 3.05) is 0 Å². The summed E-state index contributed by atoms with van der Waals surface area (Å²) in [5.74, 6) is 1.75. The average Bonchev–Trinajstić information content (AvgIpc) is 0.989. The van der Waals surface area contributed by atoms with Crippen molar-refractivity contribution in [3.63, 3.8) is 0 Å². The maximum Gasteiger partial charge on any atom is 3.00 e. The van der Waals surface area contributed by atoms with Crippen LogP contribution < -0.4 is 52.0 Å². The SMILES string of the molecule is CC(C)(C)c1cc(-n2c3ccccc3c3cn[n-]c32)[c-]c([Si](c2ccccc2)(c2ccccc2)c2cc(C(C)(C)C)cc(-n3c4[c-]cccc4c4ccccc43)n2)c1.CC(C)(C)c1cccc([Si](c2[c-]c(-n3c4ccccc4c4cn[n-]c43)ccc2)(c2cccc(C(C)(C)C)c2)c2cccc(-n3c4[c-]cccc4c4ccccc43)n2)c1.[Au+3].[Au+3]. The van der Waals surface area contributed by atoms with E-state index in [-0.39, 0.29) is 66.4 Å². The monoisotopic (exact) mass is 1930 g/mol. The van der Waals surface area contributed by atoms with Gasteiger partial charge in [-0.15, -0.1) is 10.8 Å². The first kappa shape index (κ1) is 79.0. The molecular weight excluding hydrogens is 1840 g/mol. The van der Waals surface area contributed by atoms with E-state index in [0.29, 0.717) is 0 Å². The Bertz CT molecular complexity index is 6970. The molecule has 8 aromatic heterocycles. The molecule has 0 saturated heterocycles. The molecule has 20 rings (SSSR count). The summed E-state index contributed by atoms with van der Waals surface area (Å²) < 4.78 is 9.07. The van der Waals surface area contributed by atoms with Gasteiger partial charge in [0.15, 0.2) is 16.1 Å². The summed E-state index contributed by atoms with van der Waals surface area (Å²) in [6.07, 6.45) is 3.75. The van der Waals surface area contributed by atoms with E-state index in [1.807, 2.05) is 24.5 Å². The number of aromatic nitrogens is 10. The normalized spacial score (nSPS) is 12.4. The smallest absolute Gasteiger partial charge is 0.438 e. The van der Waals surface area contributed by atoms with E-state index in [2.05, 4.69) is 432 Å². The van der Waals surface area contributed by atoms with Crippen molar-refractivity contribution >= 4 is 145 Å². The molecule has 0 radical (unpaired) electrons. The topological polar surface area (TPSA) is 99.5 Å². The van der Waals surface area contributed by atoms with Crippen LogP contribution in [0.1, 0.15) is 105 Å². The molecule has 0 aliphatic rings. The Labute approximate surface area is 722 Å². The van der Waals surface area contributed by atoms with E-state index in [1.54, 1.807) is 0 Å². The quantitative estimate of drug-likeness (QED) is 0.0686. The van der Waals surface area contributed by atoms with Crippen LogP contribution in [-0.4, -0.2) is 54.6 Å². The van der Waals surface area contributed by atoms with Crippen molar-refractivity contribution in [1.82, 2.24) is 48.6 Å². The summed E-state index contributed by atoms with van der Waals surface area (Å²) in [7, 11) is -6.60. The molecule has 0 bridgehead atoms. The Hall–Kier alpha value is -11.5. The number of hydrogen-bond donors (Lipinski definition) is 0. The second kappa shape index (κ2) is 30.4. The third-order valence-corrected chi connectivity index (χ3v) is 32.6. The fraction of sp³-hybridized carbons (Fsp3) is 0.154.